The Morgan fingerprint density at radius 3 is 0.786 bits per heavy atom. The molecule has 0 amide bonds. The zero-order chi connectivity index (χ0) is 19.7. The third-order valence-electron chi connectivity index (χ3n) is 5.84. The molecule has 0 aromatic carbocycles. The van der Waals surface area contributed by atoms with Crippen LogP contribution in [0.3, 0.4) is 0 Å². The van der Waals surface area contributed by atoms with E-state index in [1.807, 2.05) is 0 Å². The summed E-state index contributed by atoms with van der Waals surface area (Å²) in [6.07, 6.45) is 31.4. The molecule has 0 saturated carbocycles. The molecule has 28 heavy (non-hydrogen) atoms. The molecule has 0 aromatic rings. The average molecular weight is 388 g/mol. The van der Waals surface area contributed by atoms with Gasteiger partial charge < -0.3 is 5.32 Å². The summed E-state index contributed by atoms with van der Waals surface area (Å²) < 4.78 is 0. The summed E-state index contributed by atoms with van der Waals surface area (Å²) in [5.41, 5.74) is 0. The first-order valence-corrected chi connectivity index (χ1v) is 13.0. The maximum Gasteiger partial charge on any atom is 1.00 e. The molecular weight excluding hydrogens is 333 g/mol. The van der Waals surface area contributed by atoms with E-state index in [-0.39, 0.29) is 18.9 Å². The standard InChI is InChI=1S/C26H54N.Li/c1-3-5-7-9-11-13-15-17-19-21-23-25-27-26-24-22-20-18-16-14-12-10-8-6-4-2;/h3-26H2,1-2H3;/q-1;+1. The maximum absolute atomic E-state index is 4.72. The van der Waals surface area contributed by atoms with Crippen LogP contribution in [0.4, 0.5) is 0 Å². The molecular formula is C26H54LiN. The Balaban J connectivity index is 0. The van der Waals surface area contributed by atoms with E-state index >= 15 is 0 Å². The van der Waals surface area contributed by atoms with E-state index in [4.69, 9.17) is 5.32 Å². The number of nitrogens with zero attached hydrogens (tertiary/aromatic N) is 1. The molecule has 0 spiro atoms. The van der Waals surface area contributed by atoms with Crippen molar-refractivity contribution in [2.24, 2.45) is 0 Å². The van der Waals surface area contributed by atoms with E-state index in [1.54, 1.807) is 0 Å². The fraction of sp³-hybridized carbons (Fsp3) is 1.00. The largest absolute Gasteiger partial charge is 1.00 e. The van der Waals surface area contributed by atoms with Gasteiger partial charge in [0.25, 0.3) is 0 Å². The van der Waals surface area contributed by atoms with Crippen LogP contribution in [0.1, 0.15) is 155 Å². The van der Waals surface area contributed by atoms with Crippen molar-refractivity contribution < 1.29 is 18.9 Å². The van der Waals surface area contributed by atoms with Crippen LogP contribution in [0.15, 0.2) is 0 Å². The zero-order valence-corrected chi connectivity index (χ0v) is 20.4. The summed E-state index contributed by atoms with van der Waals surface area (Å²) >= 11 is 0. The summed E-state index contributed by atoms with van der Waals surface area (Å²) in [6.45, 7) is 6.83. The van der Waals surface area contributed by atoms with Crippen LogP contribution in [-0.2, 0) is 0 Å². The van der Waals surface area contributed by atoms with Gasteiger partial charge in [0.15, 0.2) is 0 Å². The van der Waals surface area contributed by atoms with Gasteiger partial charge in [-0.05, 0) is 0 Å². The quantitative estimate of drug-likeness (QED) is 0.125. The molecule has 1 nitrogen and oxygen atoms in total. The van der Waals surface area contributed by atoms with E-state index in [2.05, 4.69) is 13.8 Å². The van der Waals surface area contributed by atoms with Gasteiger partial charge in [-0.1, -0.05) is 155 Å². The topological polar surface area (TPSA) is 14.1 Å². The Hall–Kier alpha value is 0.557. The molecule has 0 aliphatic rings. The Kier molecular flexibility index (Phi) is 32.7. The van der Waals surface area contributed by atoms with Crippen LogP contribution in [0.2, 0.25) is 0 Å². The van der Waals surface area contributed by atoms with E-state index in [1.165, 1.54) is 141 Å². The molecule has 0 aromatic heterocycles. The van der Waals surface area contributed by atoms with Crippen molar-refractivity contribution in [3.63, 3.8) is 0 Å². The van der Waals surface area contributed by atoms with Crippen molar-refractivity contribution in [2.75, 3.05) is 13.1 Å². The van der Waals surface area contributed by atoms with Gasteiger partial charge in [0.1, 0.15) is 0 Å². The second-order valence-electron chi connectivity index (χ2n) is 8.74. The van der Waals surface area contributed by atoms with Gasteiger partial charge in [0, 0.05) is 0 Å². The molecule has 0 unspecified atom stereocenters. The molecule has 2 heteroatoms. The third-order valence-corrected chi connectivity index (χ3v) is 5.84. The van der Waals surface area contributed by atoms with Gasteiger partial charge in [-0.25, -0.2) is 0 Å². The van der Waals surface area contributed by atoms with Gasteiger partial charge in [0.2, 0.25) is 0 Å². The normalized spacial score (nSPS) is 10.9. The van der Waals surface area contributed by atoms with Crippen molar-refractivity contribution in [3.8, 4) is 0 Å². The summed E-state index contributed by atoms with van der Waals surface area (Å²) in [4.78, 5) is 0. The van der Waals surface area contributed by atoms with Crippen LogP contribution in [0.25, 0.3) is 5.32 Å². The second-order valence-corrected chi connectivity index (χ2v) is 8.74. The van der Waals surface area contributed by atoms with Gasteiger partial charge in [-0.15, -0.1) is 13.1 Å². The monoisotopic (exact) mass is 387 g/mol. The molecule has 0 saturated heterocycles. The Bertz CT molecular complexity index is 221. The van der Waals surface area contributed by atoms with E-state index in [9.17, 15) is 0 Å². The molecule has 0 fully saturated rings. The van der Waals surface area contributed by atoms with Crippen LogP contribution in [0, 0.1) is 0 Å². The summed E-state index contributed by atoms with van der Waals surface area (Å²) in [6, 6.07) is 0. The van der Waals surface area contributed by atoms with Crippen molar-refractivity contribution >= 4 is 0 Å². The molecule has 0 atom stereocenters. The van der Waals surface area contributed by atoms with E-state index in [0.29, 0.717) is 0 Å². The Morgan fingerprint density at radius 2 is 0.536 bits per heavy atom. The first-order valence-electron chi connectivity index (χ1n) is 13.0. The van der Waals surface area contributed by atoms with Gasteiger partial charge in [-0.2, -0.15) is 0 Å². The Morgan fingerprint density at radius 1 is 0.321 bits per heavy atom. The van der Waals surface area contributed by atoms with Crippen molar-refractivity contribution in [2.45, 2.75) is 155 Å². The van der Waals surface area contributed by atoms with Gasteiger partial charge in [-0.3, -0.25) is 0 Å². The van der Waals surface area contributed by atoms with Crippen LogP contribution in [0.5, 0.6) is 0 Å². The minimum Gasteiger partial charge on any atom is -0.662 e. The van der Waals surface area contributed by atoms with Crippen LogP contribution >= 0.6 is 0 Å². The van der Waals surface area contributed by atoms with Crippen molar-refractivity contribution in [3.05, 3.63) is 5.32 Å². The van der Waals surface area contributed by atoms with Crippen molar-refractivity contribution in [1.82, 2.24) is 0 Å². The fourth-order valence-corrected chi connectivity index (χ4v) is 3.89. The van der Waals surface area contributed by atoms with E-state index < -0.39 is 0 Å². The predicted octanol–water partition coefficient (Wildman–Crippen LogP) is 6.99. The second kappa shape index (κ2) is 29.8. The van der Waals surface area contributed by atoms with Gasteiger partial charge >= 0.3 is 18.9 Å². The number of unbranched alkanes of at least 4 members (excludes halogenated alkanes) is 20. The first kappa shape index (κ1) is 30.7. The molecule has 0 N–H and O–H groups in total. The molecule has 164 valence electrons. The smallest absolute Gasteiger partial charge is 0.662 e. The first-order chi connectivity index (χ1) is 13.4. The third kappa shape index (κ3) is 28.8. The average Bonchev–Trinajstić information content (AvgIpc) is 2.68. The molecule has 0 aliphatic carbocycles. The summed E-state index contributed by atoms with van der Waals surface area (Å²) in [5, 5.41) is 4.72. The molecule has 0 bridgehead atoms. The molecule has 0 rings (SSSR count). The van der Waals surface area contributed by atoms with Crippen LogP contribution < -0.4 is 18.9 Å². The van der Waals surface area contributed by atoms with Gasteiger partial charge in [0.05, 0.1) is 0 Å². The molecule has 0 heterocycles. The van der Waals surface area contributed by atoms with Crippen LogP contribution in [-0.4, -0.2) is 13.1 Å². The number of rotatable bonds is 24. The predicted molar refractivity (Wildman–Crippen MR) is 126 cm³/mol. The number of hydrogen-bond donors (Lipinski definition) is 0. The minimum atomic E-state index is 0. The minimum absolute atomic E-state index is 0. The van der Waals surface area contributed by atoms with Crippen molar-refractivity contribution in [1.29, 1.82) is 0 Å². The zero-order valence-electron chi connectivity index (χ0n) is 20.4. The number of hydrogen-bond acceptors (Lipinski definition) is 0. The molecule has 0 aliphatic heterocycles. The summed E-state index contributed by atoms with van der Waals surface area (Å²) in [5.74, 6) is 0. The molecule has 0 radical (unpaired) electrons. The SMILES string of the molecule is CCCCCCCCCCCCC[N-]CCCCCCCCCCCCC.[Li+]. The Labute approximate surface area is 192 Å². The fourth-order valence-electron chi connectivity index (χ4n) is 3.89. The van der Waals surface area contributed by atoms with E-state index in [0.717, 1.165) is 13.1 Å². The summed E-state index contributed by atoms with van der Waals surface area (Å²) in [7, 11) is 0. The maximum atomic E-state index is 4.72.